The van der Waals surface area contributed by atoms with Gasteiger partial charge in [-0.05, 0) is 36.4 Å². The summed E-state index contributed by atoms with van der Waals surface area (Å²) in [5.41, 5.74) is 0.933. The third-order valence-electron chi connectivity index (χ3n) is 4.23. The molecule has 6 nitrogen and oxygen atoms in total. The first-order valence-electron chi connectivity index (χ1n) is 8.83. The van der Waals surface area contributed by atoms with E-state index in [1.165, 1.54) is 24.9 Å². The van der Waals surface area contributed by atoms with Crippen LogP contribution < -0.4 is 0 Å². The minimum Gasteiger partial charge on any atom is -0.463 e. The quantitative estimate of drug-likeness (QED) is 0.293. The number of benzene rings is 2. The van der Waals surface area contributed by atoms with Crippen LogP contribution in [-0.4, -0.2) is 27.8 Å². The summed E-state index contributed by atoms with van der Waals surface area (Å²) < 4.78 is 26.4. The minimum atomic E-state index is -0.554. The van der Waals surface area contributed by atoms with Gasteiger partial charge in [-0.25, -0.2) is 9.18 Å². The highest BCUT2D eigenvalue weighted by atomic mass is 35.5. The highest BCUT2D eigenvalue weighted by Gasteiger charge is 2.21. The lowest BCUT2D eigenvalue weighted by molar-refractivity contribution is 0.0563. The molecule has 0 atom stereocenters. The zero-order valence-corrected chi connectivity index (χ0v) is 17.3. The molecule has 0 fully saturated rings. The average molecular weight is 444 g/mol. The molecule has 0 unspecified atom stereocenters. The van der Waals surface area contributed by atoms with Gasteiger partial charge >= 0.3 is 5.97 Å². The number of esters is 1. The van der Waals surface area contributed by atoms with Gasteiger partial charge in [0.15, 0.2) is 11.0 Å². The number of hydrogen-bond donors (Lipinski definition) is 0. The lowest BCUT2D eigenvalue weighted by atomic mass is 10.2. The van der Waals surface area contributed by atoms with E-state index in [-0.39, 0.29) is 5.76 Å². The maximum absolute atomic E-state index is 14.6. The summed E-state index contributed by atoms with van der Waals surface area (Å²) in [6.07, 6.45) is 0. The molecule has 0 aliphatic heterocycles. The van der Waals surface area contributed by atoms with Gasteiger partial charge in [-0.2, -0.15) is 0 Å². The van der Waals surface area contributed by atoms with Gasteiger partial charge in [-0.1, -0.05) is 47.6 Å². The number of hydrogen-bond acceptors (Lipinski definition) is 6. The normalized spacial score (nSPS) is 10.9. The van der Waals surface area contributed by atoms with Crippen LogP contribution in [0.5, 0.6) is 0 Å². The largest absolute Gasteiger partial charge is 0.463 e. The first kappa shape index (κ1) is 20.2. The molecule has 0 saturated heterocycles. The molecule has 9 heteroatoms. The number of furan rings is 1. The molecule has 2 heterocycles. The van der Waals surface area contributed by atoms with Crippen molar-refractivity contribution in [2.75, 3.05) is 7.11 Å². The summed E-state index contributed by atoms with van der Waals surface area (Å²) in [5.74, 6) is 0.456. The summed E-state index contributed by atoms with van der Waals surface area (Å²) in [7, 11) is 1.28. The van der Waals surface area contributed by atoms with Gasteiger partial charge in [-0.15, -0.1) is 10.2 Å². The second kappa shape index (κ2) is 8.73. The summed E-state index contributed by atoms with van der Waals surface area (Å²) >= 11 is 7.64. The van der Waals surface area contributed by atoms with Crippen LogP contribution in [0, 0.1) is 5.82 Å². The Bertz CT molecular complexity index is 1210. The third kappa shape index (κ3) is 3.96. The third-order valence-corrected chi connectivity index (χ3v) is 5.51. The van der Waals surface area contributed by atoms with E-state index in [1.807, 2.05) is 6.07 Å². The van der Waals surface area contributed by atoms with Crippen LogP contribution in [0.1, 0.15) is 16.3 Å². The Labute approximate surface area is 180 Å². The fourth-order valence-corrected chi connectivity index (χ4v) is 3.89. The van der Waals surface area contributed by atoms with Gasteiger partial charge in [0.1, 0.15) is 11.6 Å². The average Bonchev–Trinajstić information content (AvgIpc) is 3.39. The summed E-state index contributed by atoms with van der Waals surface area (Å²) in [5, 5.41) is 9.43. The van der Waals surface area contributed by atoms with E-state index in [4.69, 9.17) is 16.0 Å². The Balaban J connectivity index is 1.72. The van der Waals surface area contributed by atoms with Crippen LogP contribution in [0.4, 0.5) is 4.39 Å². The summed E-state index contributed by atoms with van der Waals surface area (Å²) in [4.78, 5) is 11.6. The smallest absolute Gasteiger partial charge is 0.373 e. The highest BCUT2D eigenvalue weighted by Crippen LogP contribution is 2.33. The molecular formula is C21H15ClFN3O3S. The Hall–Kier alpha value is -3.10. The summed E-state index contributed by atoms with van der Waals surface area (Å²) in [6.45, 7) is 0. The molecular weight excluding hydrogens is 429 g/mol. The van der Waals surface area contributed by atoms with Crippen LogP contribution >= 0.6 is 23.4 Å². The SMILES string of the molecule is COC(=O)c1ccc(CSc2nnc(-c3ccccc3Cl)n2-c2ccccc2F)o1. The number of halogens is 2. The van der Waals surface area contributed by atoms with Crippen LogP contribution in [0.3, 0.4) is 0 Å². The van der Waals surface area contributed by atoms with E-state index < -0.39 is 11.8 Å². The number of ether oxygens (including phenoxy) is 1. The number of methoxy groups -OCH3 is 1. The van der Waals surface area contributed by atoms with Crippen LogP contribution in [-0.2, 0) is 10.5 Å². The molecule has 0 aliphatic carbocycles. The van der Waals surface area contributed by atoms with E-state index >= 15 is 0 Å². The van der Waals surface area contributed by atoms with Crippen molar-refractivity contribution in [2.45, 2.75) is 10.9 Å². The monoisotopic (exact) mass is 443 g/mol. The van der Waals surface area contributed by atoms with E-state index in [9.17, 15) is 9.18 Å². The Kier molecular flexibility index (Phi) is 5.87. The molecule has 152 valence electrons. The number of carbonyl (C=O) groups excluding carboxylic acids is 1. The second-order valence-corrected chi connectivity index (χ2v) is 7.47. The molecule has 0 bridgehead atoms. The molecule has 0 saturated carbocycles. The molecule has 0 amide bonds. The molecule has 4 aromatic rings. The van der Waals surface area contributed by atoms with Gasteiger partial charge in [-0.3, -0.25) is 4.57 Å². The lowest BCUT2D eigenvalue weighted by Crippen LogP contribution is -2.02. The molecule has 0 spiro atoms. The van der Waals surface area contributed by atoms with Gasteiger partial charge in [0.05, 0.1) is 23.6 Å². The second-order valence-electron chi connectivity index (χ2n) is 6.12. The Morgan fingerprint density at radius 1 is 1.13 bits per heavy atom. The van der Waals surface area contributed by atoms with Gasteiger partial charge in [0, 0.05) is 5.56 Å². The predicted molar refractivity (Wildman–Crippen MR) is 111 cm³/mol. The zero-order valence-electron chi connectivity index (χ0n) is 15.7. The standard InChI is InChI=1S/C21H15ClFN3O3S/c1-28-20(27)18-11-10-13(29-18)12-30-21-25-24-19(14-6-2-3-7-15(14)22)26(21)17-9-5-4-8-16(17)23/h2-11H,12H2,1H3. The van der Waals surface area contributed by atoms with Crippen molar-refractivity contribution < 1.29 is 18.3 Å². The number of aromatic nitrogens is 3. The number of para-hydroxylation sites is 1. The number of thioether (sulfide) groups is 1. The van der Waals surface area contributed by atoms with Crippen molar-refractivity contribution >= 4 is 29.3 Å². The van der Waals surface area contributed by atoms with Crippen molar-refractivity contribution in [2.24, 2.45) is 0 Å². The predicted octanol–water partition coefficient (Wildman–Crippen LogP) is 5.40. The molecule has 0 N–H and O–H groups in total. The maximum atomic E-state index is 14.6. The van der Waals surface area contributed by atoms with Crippen molar-refractivity contribution in [3.63, 3.8) is 0 Å². The van der Waals surface area contributed by atoms with Crippen LogP contribution in [0.2, 0.25) is 5.02 Å². The fraction of sp³-hybridized carbons (Fsp3) is 0.0952. The van der Waals surface area contributed by atoms with Gasteiger partial charge in [0.25, 0.3) is 0 Å². The molecule has 0 radical (unpaired) electrons. The molecule has 2 aromatic carbocycles. The van der Waals surface area contributed by atoms with Crippen LogP contribution in [0.15, 0.2) is 70.2 Å². The number of nitrogens with zero attached hydrogens (tertiary/aromatic N) is 3. The summed E-state index contributed by atoms with van der Waals surface area (Å²) in [6, 6.07) is 16.7. The first-order chi connectivity index (χ1) is 14.6. The van der Waals surface area contributed by atoms with Gasteiger partial charge in [0.2, 0.25) is 5.76 Å². The fourth-order valence-electron chi connectivity index (χ4n) is 2.83. The first-order valence-corrected chi connectivity index (χ1v) is 10.2. The minimum absolute atomic E-state index is 0.112. The maximum Gasteiger partial charge on any atom is 0.373 e. The number of carbonyl (C=O) groups is 1. The molecule has 4 rings (SSSR count). The molecule has 0 aliphatic rings. The van der Waals surface area contributed by atoms with E-state index in [2.05, 4.69) is 14.9 Å². The molecule has 2 aromatic heterocycles. The number of rotatable bonds is 6. The van der Waals surface area contributed by atoms with Crippen molar-refractivity contribution in [3.8, 4) is 17.1 Å². The Morgan fingerprint density at radius 2 is 1.90 bits per heavy atom. The lowest BCUT2D eigenvalue weighted by Gasteiger charge is -2.11. The van der Waals surface area contributed by atoms with Crippen molar-refractivity contribution in [1.82, 2.24) is 14.8 Å². The van der Waals surface area contributed by atoms with E-state index in [0.717, 1.165) is 0 Å². The van der Waals surface area contributed by atoms with Gasteiger partial charge < -0.3 is 9.15 Å². The van der Waals surface area contributed by atoms with E-state index in [1.54, 1.807) is 53.1 Å². The molecule has 30 heavy (non-hydrogen) atoms. The highest BCUT2D eigenvalue weighted by molar-refractivity contribution is 7.98. The topological polar surface area (TPSA) is 70.2 Å². The van der Waals surface area contributed by atoms with E-state index in [0.29, 0.717) is 38.8 Å². The van der Waals surface area contributed by atoms with Crippen LogP contribution in [0.25, 0.3) is 17.1 Å². The Morgan fingerprint density at radius 3 is 2.67 bits per heavy atom. The van der Waals surface area contributed by atoms with Crippen molar-refractivity contribution in [1.29, 1.82) is 0 Å². The van der Waals surface area contributed by atoms with Crippen molar-refractivity contribution in [3.05, 3.63) is 83.0 Å². The zero-order chi connectivity index (χ0) is 21.1.